The zero-order valence-electron chi connectivity index (χ0n) is 15.2. The van der Waals surface area contributed by atoms with Crippen molar-refractivity contribution in [2.45, 2.75) is 52.0 Å². The van der Waals surface area contributed by atoms with Crippen LogP contribution in [0, 0.1) is 17.8 Å². The molecule has 136 valence electrons. The maximum Gasteiger partial charge on any atom is 0.274 e. The number of H-pyrrole nitrogens is 1. The number of carbonyl (C=O) groups is 2. The number of aromatic nitrogens is 2. The third-order valence-corrected chi connectivity index (χ3v) is 5.95. The van der Waals surface area contributed by atoms with E-state index in [9.17, 15) is 9.59 Å². The number of carbonyl (C=O) groups excluding carboxylic acids is 2. The van der Waals surface area contributed by atoms with E-state index in [0.29, 0.717) is 41.8 Å². The average molecular weight is 344 g/mol. The second-order valence-corrected chi connectivity index (χ2v) is 8.45. The van der Waals surface area contributed by atoms with Gasteiger partial charge < -0.3 is 9.80 Å². The van der Waals surface area contributed by atoms with Crippen LogP contribution in [0.2, 0.25) is 0 Å². The Labute approximate surface area is 148 Å². The van der Waals surface area contributed by atoms with E-state index in [1.165, 1.54) is 0 Å². The van der Waals surface area contributed by atoms with Crippen molar-refractivity contribution in [1.82, 2.24) is 20.0 Å². The zero-order valence-corrected chi connectivity index (χ0v) is 15.2. The molecule has 3 saturated heterocycles. The summed E-state index contributed by atoms with van der Waals surface area (Å²) in [6.07, 6.45) is 4.84. The summed E-state index contributed by atoms with van der Waals surface area (Å²) in [7, 11) is 0. The van der Waals surface area contributed by atoms with Gasteiger partial charge in [-0.2, -0.15) is 5.10 Å². The summed E-state index contributed by atoms with van der Waals surface area (Å²) in [5.74, 6) is 1.73. The highest BCUT2D eigenvalue weighted by Crippen LogP contribution is 2.38. The monoisotopic (exact) mass is 344 g/mol. The molecule has 6 heteroatoms. The highest BCUT2D eigenvalue weighted by Gasteiger charge is 2.45. The third-order valence-electron chi connectivity index (χ3n) is 5.95. The summed E-state index contributed by atoms with van der Waals surface area (Å²) in [4.78, 5) is 29.2. The Hall–Kier alpha value is -1.85. The normalized spacial score (nSPS) is 29.1. The van der Waals surface area contributed by atoms with Gasteiger partial charge in [0.25, 0.3) is 5.91 Å². The molecule has 0 aromatic carbocycles. The topological polar surface area (TPSA) is 69.3 Å². The molecular weight excluding hydrogens is 316 g/mol. The van der Waals surface area contributed by atoms with Crippen LogP contribution in [0.1, 0.15) is 55.7 Å². The van der Waals surface area contributed by atoms with E-state index in [-0.39, 0.29) is 5.91 Å². The molecule has 1 unspecified atom stereocenters. The first-order chi connectivity index (χ1) is 12.0. The van der Waals surface area contributed by atoms with E-state index in [1.54, 1.807) is 0 Å². The Morgan fingerprint density at radius 3 is 3.00 bits per heavy atom. The number of hydrogen-bond donors (Lipinski definition) is 1. The van der Waals surface area contributed by atoms with Crippen molar-refractivity contribution in [3.05, 3.63) is 17.5 Å². The van der Waals surface area contributed by atoms with Crippen molar-refractivity contribution < 1.29 is 9.59 Å². The van der Waals surface area contributed by atoms with Crippen LogP contribution in [0.5, 0.6) is 0 Å². The van der Waals surface area contributed by atoms with Crippen LogP contribution in [-0.2, 0) is 11.2 Å². The molecule has 1 aromatic heterocycles. The average Bonchev–Trinajstić information content (AvgIpc) is 3.03. The number of aromatic amines is 1. The second-order valence-electron chi connectivity index (χ2n) is 8.45. The minimum atomic E-state index is 0.0385. The smallest absolute Gasteiger partial charge is 0.274 e. The van der Waals surface area contributed by atoms with Gasteiger partial charge in [-0.25, -0.2) is 0 Å². The van der Waals surface area contributed by atoms with Gasteiger partial charge in [-0.15, -0.1) is 0 Å². The zero-order chi connectivity index (χ0) is 17.6. The van der Waals surface area contributed by atoms with Crippen LogP contribution < -0.4 is 0 Å². The number of nitrogens with one attached hydrogen (secondary N) is 1. The number of amides is 2. The largest absolute Gasteiger partial charge is 0.339 e. The van der Waals surface area contributed by atoms with Gasteiger partial charge in [-0.1, -0.05) is 13.8 Å². The molecule has 2 amide bonds. The fraction of sp³-hybridized carbons (Fsp3) is 0.737. The van der Waals surface area contributed by atoms with Crippen molar-refractivity contribution in [3.8, 4) is 0 Å². The first-order valence-corrected chi connectivity index (χ1v) is 9.64. The molecule has 1 aromatic rings. The van der Waals surface area contributed by atoms with Gasteiger partial charge >= 0.3 is 0 Å². The van der Waals surface area contributed by atoms with Crippen LogP contribution in [0.3, 0.4) is 0 Å². The van der Waals surface area contributed by atoms with Crippen LogP contribution in [-0.4, -0.2) is 57.5 Å². The molecule has 4 heterocycles. The quantitative estimate of drug-likeness (QED) is 0.913. The van der Waals surface area contributed by atoms with Gasteiger partial charge in [0.05, 0.1) is 0 Å². The lowest BCUT2D eigenvalue weighted by Crippen LogP contribution is -2.61. The van der Waals surface area contributed by atoms with Gasteiger partial charge in [0, 0.05) is 37.8 Å². The fourth-order valence-electron chi connectivity index (χ4n) is 4.95. The summed E-state index contributed by atoms with van der Waals surface area (Å²) in [6.45, 7) is 6.65. The highest BCUT2D eigenvalue weighted by atomic mass is 16.2. The Morgan fingerprint density at radius 1 is 1.36 bits per heavy atom. The first-order valence-electron chi connectivity index (χ1n) is 9.64. The van der Waals surface area contributed by atoms with Crippen molar-refractivity contribution >= 4 is 11.8 Å². The maximum atomic E-state index is 12.9. The van der Waals surface area contributed by atoms with Crippen LogP contribution >= 0.6 is 0 Å². The van der Waals surface area contributed by atoms with E-state index in [2.05, 4.69) is 28.9 Å². The molecule has 4 rings (SSSR count). The molecular formula is C19H28N4O2. The van der Waals surface area contributed by atoms with Gasteiger partial charge in [0.15, 0.2) is 0 Å². The molecule has 3 aliphatic heterocycles. The van der Waals surface area contributed by atoms with E-state index in [1.807, 2.05) is 11.0 Å². The Kier molecular flexibility index (Phi) is 4.29. The SMILES string of the molecule is CC(C)Cc1cc(C(=O)N2C[C@H]3C[C@@H](C2)C2CCCC(=O)N2C3)n[nH]1. The van der Waals surface area contributed by atoms with E-state index in [0.717, 1.165) is 51.0 Å². The van der Waals surface area contributed by atoms with Gasteiger partial charge in [0.2, 0.25) is 5.91 Å². The molecule has 3 atom stereocenters. The lowest BCUT2D eigenvalue weighted by atomic mass is 9.76. The van der Waals surface area contributed by atoms with Crippen molar-refractivity contribution in [2.75, 3.05) is 19.6 Å². The van der Waals surface area contributed by atoms with Crippen molar-refractivity contribution in [2.24, 2.45) is 17.8 Å². The molecule has 1 N–H and O–H groups in total. The Balaban J connectivity index is 1.47. The number of hydrogen-bond acceptors (Lipinski definition) is 3. The predicted molar refractivity (Wildman–Crippen MR) is 94.0 cm³/mol. The standard InChI is InChI=1S/C19H28N4O2/c1-12(2)6-15-8-16(21-20-15)19(25)22-9-13-7-14(11-22)17-4-3-5-18(24)23(17)10-13/h8,12-14,17H,3-7,9-11H2,1-2H3,(H,20,21)/t13-,14+,17?/m1/s1. The van der Waals surface area contributed by atoms with E-state index in [4.69, 9.17) is 0 Å². The number of fused-ring (bicyclic) bond motifs is 4. The Bertz CT molecular complexity index is 668. The minimum Gasteiger partial charge on any atom is -0.339 e. The number of piperidine rings is 3. The fourth-order valence-corrected chi connectivity index (χ4v) is 4.95. The second kappa shape index (κ2) is 6.46. The summed E-state index contributed by atoms with van der Waals surface area (Å²) < 4.78 is 0. The van der Waals surface area contributed by atoms with Gasteiger partial charge in [-0.3, -0.25) is 14.7 Å². The summed E-state index contributed by atoms with van der Waals surface area (Å²) in [5, 5.41) is 7.26. The maximum absolute atomic E-state index is 12.9. The molecule has 0 radical (unpaired) electrons. The van der Waals surface area contributed by atoms with Crippen LogP contribution in [0.15, 0.2) is 6.07 Å². The summed E-state index contributed by atoms with van der Waals surface area (Å²) >= 11 is 0. The predicted octanol–water partition coefficient (Wildman–Crippen LogP) is 2.08. The van der Waals surface area contributed by atoms with E-state index < -0.39 is 0 Å². The molecule has 2 bridgehead atoms. The number of rotatable bonds is 3. The third kappa shape index (κ3) is 3.18. The molecule has 3 aliphatic rings. The molecule has 25 heavy (non-hydrogen) atoms. The van der Waals surface area contributed by atoms with Gasteiger partial charge in [0.1, 0.15) is 5.69 Å². The first kappa shape index (κ1) is 16.6. The Morgan fingerprint density at radius 2 is 2.20 bits per heavy atom. The minimum absolute atomic E-state index is 0.0385. The van der Waals surface area contributed by atoms with Crippen LogP contribution in [0.25, 0.3) is 0 Å². The molecule has 0 spiro atoms. The molecule has 0 saturated carbocycles. The lowest BCUT2D eigenvalue weighted by Gasteiger charge is -2.52. The van der Waals surface area contributed by atoms with Crippen molar-refractivity contribution in [3.63, 3.8) is 0 Å². The summed E-state index contributed by atoms with van der Waals surface area (Å²) in [6, 6.07) is 2.24. The summed E-state index contributed by atoms with van der Waals surface area (Å²) in [5.41, 5.74) is 1.56. The lowest BCUT2D eigenvalue weighted by molar-refractivity contribution is -0.144. The highest BCUT2D eigenvalue weighted by molar-refractivity contribution is 5.92. The van der Waals surface area contributed by atoms with Crippen LogP contribution in [0.4, 0.5) is 0 Å². The molecule has 3 fully saturated rings. The number of likely N-dealkylation sites (tertiary alicyclic amines) is 1. The number of nitrogens with zero attached hydrogens (tertiary/aromatic N) is 3. The molecule has 0 aliphatic carbocycles. The van der Waals surface area contributed by atoms with Crippen molar-refractivity contribution in [1.29, 1.82) is 0 Å². The van der Waals surface area contributed by atoms with Gasteiger partial charge in [-0.05, 0) is 49.5 Å². The molecule has 6 nitrogen and oxygen atoms in total. The van der Waals surface area contributed by atoms with E-state index >= 15 is 0 Å².